The lowest BCUT2D eigenvalue weighted by Gasteiger charge is -2.51. The van der Waals surface area contributed by atoms with Gasteiger partial charge in [-0.1, -0.05) is 41.5 Å². The summed E-state index contributed by atoms with van der Waals surface area (Å²) in [7, 11) is 0. The second kappa shape index (κ2) is 14.4. The second-order valence-electron chi connectivity index (χ2n) is 10.8. The van der Waals surface area contributed by atoms with Crippen LogP contribution in [0.4, 0.5) is 0 Å². The summed E-state index contributed by atoms with van der Waals surface area (Å²) in [5.74, 6) is -4.06. The van der Waals surface area contributed by atoms with E-state index in [1.807, 2.05) is 0 Å². The molecule has 1 heterocycles. The van der Waals surface area contributed by atoms with Gasteiger partial charge in [-0.3, -0.25) is 9.59 Å². The van der Waals surface area contributed by atoms with Crippen LogP contribution in [0.25, 0.3) is 11.1 Å². The van der Waals surface area contributed by atoms with Gasteiger partial charge >= 0.3 is 23.4 Å². The first-order valence-electron chi connectivity index (χ1n) is 12.2. The summed E-state index contributed by atoms with van der Waals surface area (Å²) in [4.78, 5) is 57.4. The van der Waals surface area contributed by atoms with Crippen LogP contribution in [0.2, 0.25) is 0 Å². The van der Waals surface area contributed by atoms with Crippen molar-refractivity contribution in [1.82, 2.24) is 14.7 Å². The number of ketones is 2. The van der Waals surface area contributed by atoms with Crippen LogP contribution in [0.3, 0.4) is 0 Å². The number of ether oxygens (including phenoxy) is 2. The molecule has 0 bridgehead atoms. The zero-order valence-corrected chi connectivity index (χ0v) is 23.3. The smallest absolute Gasteiger partial charge is 0.442 e. The minimum absolute atomic E-state index is 0.273. The standard InChI is InChI=1S/C23H37N7O10/c1-22(2,3)15(32)13(26-24)17(34)39-11-8-29-19(36)28(7-10-31)20(37)30(21(29)38)9-12-40-18(35)14(27-25)16(33)23(4,5)6/h19-21,31,36-38H,7-12H2,1-6H3. The predicted octanol–water partition coefficient (Wildman–Crippen LogP) is -2.62. The Balaban J connectivity index is 2.96. The molecule has 224 valence electrons. The van der Waals surface area contributed by atoms with Crippen LogP contribution in [-0.4, -0.2) is 138 Å². The van der Waals surface area contributed by atoms with Gasteiger partial charge in [-0.25, -0.2) is 24.3 Å². The van der Waals surface area contributed by atoms with Gasteiger partial charge in [-0.05, 0) is 0 Å². The fraction of sp³-hybridized carbons (Fsp3) is 0.739. The Morgan fingerprint density at radius 3 is 1.23 bits per heavy atom. The first-order chi connectivity index (χ1) is 18.4. The highest BCUT2D eigenvalue weighted by Crippen LogP contribution is 2.22. The Kier molecular flexibility index (Phi) is 12.5. The average molecular weight is 572 g/mol. The van der Waals surface area contributed by atoms with Crippen LogP contribution in [0.1, 0.15) is 41.5 Å². The zero-order chi connectivity index (χ0) is 31.0. The number of hydrogen-bond donors (Lipinski definition) is 4. The number of aliphatic hydroxyl groups is 4. The van der Waals surface area contributed by atoms with Gasteiger partial charge in [-0.15, -0.1) is 0 Å². The summed E-state index contributed by atoms with van der Waals surface area (Å²) >= 11 is 0. The van der Waals surface area contributed by atoms with Crippen LogP contribution in [0, 0.1) is 10.8 Å². The summed E-state index contributed by atoms with van der Waals surface area (Å²) in [5, 5.41) is 41.5. The molecule has 0 aromatic heterocycles. The van der Waals surface area contributed by atoms with Gasteiger partial charge in [0.2, 0.25) is 0 Å². The molecule has 1 rings (SSSR count). The highest BCUT2D eigenvalue weighted by atomic mass is 16.5. The Morgan fingerprint density at radius 1 is 0.675 bits per heavy atom. The molecule has 1 aliphatic heterocycles. The minimum atomic E-state index is -1.75. The van der Waals surface area contributed by atoms with Gasteiger partial charge in [-0.2, -0.15) is 9.58 Å². The van der Waals surface area contributed by atoms with E-state index in [1.165, 1.54) is 41.5 Å². The number of aliphatic hydroxyl groups excluding tert-OH is 4. The van der Waals surface area contributed by atoms with Crippen LogP contribution in [-0.2, 0) is 28.7 Å². The molecule has 0 amide bonds. The number of Topliss-reactive ketones (excluding diaryl/α,β-unsaturated/α-hetero) is 2. The molecule has 1 fully saturated rings. The predicted molar refractivity (Wildman–Crippen MR) is 133 cm³/mol. The molecule has 0 aromatic carbocycles. The first-order valence-corrected chi connectivity index (χ1v) is 12.2. The largest absolute Gasteiger partial charge is 0.455 e. The summed E-state index contributed by atoms with van der Waals surface area (Å²) < 4.78 is 9.94. The van der Waals surface area contributed by atoms with Crippen molar-refractivity contribution in [3.8, 4) is 0 Å². The van der Waals surface area contributed by atoms with Gasteiger partial charge in [0.15, 0.2) is 19.1 Å². The van der Waals surface area contributed by atoms with Crippen molar-refractivity contribution in [2.45, 2.75) is 60.6 Å². The lowest BCUT2D eigenvalue weighted by molar-refractivity contribution is -0.341. The van der Waals surface area contributed by atoms with E-state index in [0.717, 1.165) is 14.7 Å². The molecule has 1 saturated heterocycles. The molecule has 0 aliphatic carbocycles. The lowest BCUT2D eigenvalue weighted by atomic mass is 9.88. The maximum absolute atomic E-state index is 12.3. The fourth-order valence-corrected chi connectivity index (χ4v) is 3.43. The third-order valence-electron chi connectivity index (χ3n) is 5.68. The molecule has 2 atom stereocenters. The van der Waals surface area contributed by atoms with E-state index in [9.17, 15) is 39.6 Å². The van der Waals surface area contributed by atoms with E-state index in [0.29, 0.717) is 0 Å². The Morgan fingerprint density at radius 2 is 0.975 bits per heavy atom. The second-order valence-corrected chi connectivity index (χ2v) is 10.8. The molecule has 0 spiro atoms. The maximum Gasteiger partial charge on any atom is 0.442 e. The van der Waals surface area contributed by atoms with E-state index in [1.54, 1.807) is 0 Å². The van der Waals surface area contributed by atoms with E-state index in [-0.39, 0.29) is 19.6 Å². The van der Waals surface area contributed by atoms with Gasteiger partial charge < -0.3 is 41.0 Å². The molecule has 2 unspecified atom stereocenters. The summed E-state index contributed by atoms with van der Waals surface area (Å²) in [5.41, 5.74) is 14.4. The SMILES string of the molecule is CC(C)(C)C(=O)C(=[N+]=[N-])C(=O)OCCN1C(O)N(CCO)C(O)N(CCOC(=O)C(=[N+]=[N-])C(=O)C(C)(C)C)C1O. The molecule has 1 aliphatic rings. The molecule has 0 radical (unpaired) electrons. The zero-order valence-electron chi connectivity index (χ0n) is 23.3. The molecule has 40 heavy (non-hydrogen) atoms. The fourth-order valence-electron chi connectivity index (χ4n) is 3.43. The molecule has 0 aromatic rings. The number of carbonyl (C=O) groups excluding carboxylic acids is 4. The number of rotatable bonds is 12. The summed E-state index contributed by atoms with van der Waals surface area (Å²) in [6.45, 7) is 6.45. The molecule has 4 N–H and O–H groups in total. The quantitative estimate of drug-likeness (QED) is 0.0616. The monoisotopic (exact) mass is 571 g/mol. The number of hydrogen-bond acceptors (Lipinski definition) is 13. The molecule has 17 nitrogen and oxygen atoms in total. The average Bonchev–Trinajstić information content (AvgIpc) is 2.85. The topological polar surface area (TPSA) is 250 Å². The summed E-state index contributed by atoms with van der Waals surface area (Å²) in [6, 6.07) is 0. The Hall–Kier alpha value is -3.24. The number of carbonyl (C=O) groups is 4. The van der Waals surface area contributed by atoms with Crippen molar-refractivity contribution >= 4 is 34.9 Å². The first kappa shape index (κ1) is 34.8. The van der Waals surface area contributed by atoms with Crippen molar-refractivity contribution in [3.63, 3.8) is 0 Å². The van der Waals surface area contributed by atoms with Gasteiger partial charge in [0, 0.05) is 30.5 Å². The van der Waals surface area contributed by atoms with E-state index in [4.69, 9.17) is 20.5 Å². The summed E-state index contributed by atoms with van der Waals surface area (Å²) in [6.07, 6.45) is -5.12. The normalized spacial score (nSPS) is 20.7. The molecule has 17 heteroatoms. The van der Waals surface area contributed by atoms with Crippen molar-refractivity contribution < 1.29 is 58.7 Å². The minimum Gasteiger partial charge on any atom is -0.455 e. The number of nitrogens with zero attached hydrogens (tertiary/aromatic N) is 7. The van der Waals surface area contributed by atoms with Gasteiger partial charge in [0.25, 0.3) is 11.6 Å². The Labute approximate surface area is 230 Å². The molecule has 0 saturated carbocycles. The van der Waals surface area contributed by atoms with Crippen molar-refractivity contribution in [3.05, 3.63) is 11.1 Å². The van der Waals surface area contributed by atoms with E-state index in [2.05, 4.69) is 9.58 Å². The molecular weight excluding hydrogens is 534 g/mol. The van der Waals surface area contributed by atoms with Crippen molar-refractivity contribution in [1.29, 1.82) is 0 Å². The van der Waals surface area contributed by atoms with Gasteiger partial charge in [0.1, 0.15) is 13.2 Å². The van der Waals surface area contributed by atoms with Crippen LogP contribution < -0.4 is 0 Å². The number of β-amino-alcohol motifs (C(OH)–C–C–N with tert-alkyl or cyclic N) is 1. The van der Waals surface area contributed by atoms with Crippen LogP contribution >= 0.6 is 0 Å². The maximum atomic E-state index is 12.3. The highest BCUT2D eigenvalue weighted by Gasteiger charge is 2.45. The number of esters is 2. The highest BCUT2D eigenvalue weighted by molar-refractivity contribution is 6.63. The third kappa shape index (κ3) is 8.63. The van der Waals surface area contributed by atoms with Crippen molar-refractivity contribution in [2.24, 2.45) is 10.8 Å². The molecular formula is C23H37N7O10. The van der Waals surface area contributed by atoms with E-state index < -0.39 is 84.6 Å². The van der Waals surface area contributed by atoms with Crippen LogP contribution in [0.15, 0.2) is 0 Å². The van der Waals surface area contributed by atoms with Crippen LogP contribution in [0.5, 0.6) is 0 Å². The Bertz CT molecular complexity index is 991. The van der Waals surface area contributed by atoms with Gasteiger partial charge in [0.05, 0.1) is 6.61 Å². The third-order valence-corrected chi connectivity index (χ3v) is 5.68. The lowest BCUT2D eigenvalue weighted by Crippen LogP contribution is -2.72. The van der Waals surface area contributed by atoms with E-state index >= 15 is 0 Å². The van der Waals surface area contributed by atoms with Crippen molar-refractivity contribution in [2.75, 3.05) is 39.5 Å².